The van der Waals surface area contributed by atoms with Gasteiger partial charge >= 0.3 is 0 Å². The van der Waals surface area contributed by atoms with Crippen molar-refractivity contribution in [2.24, 2.45) is 0 Å². The Morgan fingerprint density at radius 2 is 2.00 bits per heavy atom. The molecule has 0 aliphatic heterocycles. The minimum Gasteiger partial charge on any atom is -0.384 e. The Balaban J connectivity index is 2.14. The molecule has 0 amide bonds. The van der Waals surface area contributed by atoms with E-state index in [2.05, 4.69) is 41.5 Å². The van der Waals surface area contributed by atoms with Crippen molar-refractivity contribution in [3.8, 4) is 0 Å². The molecule has 1 unspecified atom stereocenters. The number of aromatic nitrogens is 1. The van der Waals surface area contributed by atoms with Gasteiger partial charge in [-0.15, -0.1) is 0 Å². The standard InChI is InChI=1S/C16H21N3/c1-2-9-18-15(14-6-4-3-5-7-14)11-13-8-10-19-16(17)12-13/h3-8,10,12,15,18H,2,9,11H2,1H3,(H2,17,19). The first-order valence-corrected chi connectivity index (χ1v) is 6.78. The normalized spacial score (nSPS) is 12.3. The van der Waals surface area contributed by atoms with Crippen LogP contribution in [0, 0.1) is 0 Å². The SMILES string of the molecule is CCCNC(Cc1ccnc(N)c1)c1ccccc1. The van der Waals surface area contributed by atoms with Gasteiger partial charge in [0.1, 0.15) is 5.82 Å². The molecule has 19 heavy (non-hydrogen) atoms. The second-order valence-corrected chi connectivity index (χ2v) is 4.71. The molecule has 0 aliphatic rings. The molecule has 0 saturated carbocycles. The molecule has 0 aliphatic carbocycles. The molecule has 3 N–H and O–H groups in total. The van der Waals surface area contributed by atoms with Gasteiger partial charge in [-0.3, -0.25) is 0 Å². The molecule has 0 bridgehead atoms. The minimum atomic E-state index is 0.322. The summed E-state index contributed by atoms with van der Waals surface area (Å²) in [5.74, 6) is 0.583. The third kappa shape index (κ3) is 4.07. The molecule has 0 fully saturated rings. The summed E-state index contributed by atoms with van der Waals surface area (Å²) >= 11 is 0. The van der Waals surface area contributed by atoms with E-state index in [4.69, 9.17) is 5.73 Å². The van der Waals surface area contributed by atoms with Crippen LogP contribution in [-0.4, -0.2) is 11.5 Å². The van der Waals surface area contributed by atoms with E-state index >= 15 is 0 Å². The number of pyridine rings is 1. The van der Waals surface area contributed by atoms with E-state index in [1.807, 2.05) is 18.2 Å². The molecule has 1 atom stereocenters. The van der Waals surface area contributed by atoms with Crippen molar-refractivity contribution in [2.45, 2.75) is 25.8 Å². The summed E-state index contributed by atoms with van der Waals surface area (Å²) in [7, 11) is 0. The van der Waals surface area contributed by atoms with Crippen molar-refractivity contribution >= 4 is 5.82 Å². The average Bonchev–Trinajstić information content (AvgIpc) is 2.44. The highest BCUT2D eigenvalue weighted by Crippen LogP contribution is 2.18. The largest absolute Gasteiger partial charge is 0.384 e. The third-order valence-corrected chi connectivity index (χ3v) is 3.13. The maximum Gasteiger partial charge on any atom is 0.123 e. The number of hydrogen-bond acceptors (Lipinski definition) is 3. The predicted octanol–water partition coefficient (Wildman–Crippen LogP) is 2.95. The molecule has 100 valence electrons. The highest BCUT2D eigenvalue weighted by molar-refractivity contribution is 5.33. The first-order valence-electron chi connectivity index (χ1n) is 6.78. The Morgan fingerprint density at radius 3 is 2.68 bits per heavy atom. The van der Waals surface area contributed by atoms with Crippen molar-refractivity contribution in [3.05, 3.63) is 59.8 Å². The number of nitrogen functional groups attached to an aromatic ring is 1. The molecule has 0 spiro atoms. The van der Waals surface area contributed by atoms with E-state index in [0.29, 0.717) is 11.9 Å². The smallest absolute Gasteiger partial charge is 0.123 e. The van der Waals surface area contributed by atoms with Gasteiger partial charge in [0, 0.05) is 12.2 Å². The maximum absolute atomic E-state index is 5.74. The molecule has 1 aromatic carbocycles. The van der Waals surface area contributed by atoms with Crippen LogP contribution in [0.1, 0.15) is 30.5 Å². The topological polar surface area (TPSA) is 50.9 Å². The molecular formula is C16H21N3. The van der Waals surface area contributed by atoms with Crippen LogP contribution in [0.2, 0.25) is 0 Å². The first kappa shape index (κ1) is 13.6. The van der Waals surface area contributed by atoms with E-state index in [0.717, 1.165) is 19.4 Å². The van der Waals surface area contributed by atoms with E-state index < -0.39 is 0 Å². The van der Waals surface area contributed by atoms with Gasteiger partial charge in [0.25, 0.3) is 0 Å². The van der Waals surface area contributed by atoms with E-state index in [9.17, 15) is 0 Å². The summed E-state index contributed by atoms with van der Waals surface area (Å²) in [6.45, 7) is 3.19. The minimum absolute atomic E-state index is 0.322. The number of nitrogens with one attached hydrogen (secondary N) is 1. The molecule has 1 aromatic heterocycles. The molecule has 3 nitrogen and oxygen atoms in total. The average molecular weight is 255 g/mol. The fraction of sp³-hybridized carbons (Fsp3) is 0.312. The van der Waals surface area contributed by atoms with Gasteiger partial charge in [0.15, 0.2) is 0 Å². The van der Waals surface area contributed by atoms with Gasteiger partial charge in [-0.1, -0.05) is 37.3 Å². The summed E-state index contributed by atoms with van der Waals surface area (Å²) in [4.78, 5) is 4.04. The summed E-state index contributed by atoms with van der Waals surface area (Å²) in [5.41, 5.74) is 8.27. The lowest BCUT2D eigenvalue weighted by atomic mass is 9.99. The monoisotopic (exact) mass is 255 g/mol. The van der Waals surface area contributed by atoms with Crippen LogP contribution in [-0.2, 0) is 6.42 Å². The number of anilines is 1. The van der Waals surface area contributed by atoms with Crippen LogP contribution in [0.4, 0.5) is 5.82 Å². The van der Waals surface area contributed by atoms with Gasteiger partial charge in [-0.05, 0) is 42.6 Å². The fourth-order valence-electron chi connectivity index (χ4n) is 2.17. The molecule has 3 heteroatoms. The second-order valence-electron chi connectivity index (χ2n) is 4.71. The van der Waals surface area contributed by atoms with Crippen LogP contribution in [0.15, 0.2) is 48.7 Å². The Morgan fingerprint density at radius 1 is 1.21 bits per heavy atom. The Labute approximate surface area is 114 Å². The Kier molecular flexibility index (Phi) is 4.93. The molecular weight excluding hydrogens is 234 g/mol. The number of hydrogen-bond donors (Lipinski definition) is 2. The van der Waals surface area contributed by atoms with E-state index in [1.165, 1.54) is 11.1 Å². The quantitative estimate of drug-likeness (QED) is 0.834. The van der Waals surface area contributed by atoms with Gasteiger partial charge in [-0.25, -0.2) is 4.98 Å². The summed E-state index contributed by atoms with van der Waals surface area (Å²) < 4.78 is 0. The Hall–Kier alpha value is -1.87. The zero-order chi connectivity index (χ0) is 13.5. The molecule has 2 rings (SSSR count). The lowest BCUT2D eigenvalue weighted by molar-refractivity contribution is 0.529. The van der Waals surface area contributed by atoms with Crippen LogP contribution in [0.5, 0.6) is 0 Å². The van der Waals surface area contributed by atoms with Crippen molar-refractivity contribution < 1.29 is 0 Å². The number of benzene rings is 1. The van der Waals surface area contributed by atoms with Gasteiger partial charge < -0.3 is 11.1 Å². The highest BCUT2D eigenvalue weighted by Gasteiger charge is 2.11. The highest BCUT2D eigenvalue weighted by atomic mass is 14.9. The molecule has 2 aromatic rings. The van der Waals surface area contributed by atoms with E-state index in [1.54, 1.807) is 6.20 Å². The Bertz CT molecular complexity index is 496. The zero-order valence-corrected chi connectivity index (χ0v) is 11.3. The molecule has 0 radical (unpaired) electrons. The van der Waals surface area contributed by atoms with Crippen LogP contribution >= 0.6 is 0 Å². The predicted molar refractivity (Wildman–Crippen MR) is 79.8 cm³/mol. The second kappa shape index (κ2) is 6.90. The van der Waals surface area contributed by atoms with Crippen molar-refractivity contribution in [2.75, 3.05) is 12.3 Å². The fourth-order valence-corrected chi connectivity index (χ4v) is 2.17. The van der Waals surface area contributed by atoms with Crippen molar-refractivity contribution in [1.82, 2.24) is 10.3 Å². The lowest BCUT2D eigenvalue weighted by Crippen LogP contribution is -2.24. The van der Waals surface area contributed by atoms with Gasteiger partial charge in [0.05, 0.1) is 0 Å². The number of rotatable bonds is 6. The molecule has 0 saturated heterocycles. The van der Waals surface area contributed by atoms with Gasteiger partial charge in [-0.2, -0.15) is 0 Å². The van der Waals surface area contributed by atoms with Crippen LogP contribution in [0.25, 0.3) is 0 Å². The summed E-state index contributed by atoms with van der Waals surface area (Å²) in [6.07, 6.45) is 3.82. The summed E-state index contributed by atoms with van der Waals surface area (Å²) in [6, 6.07) is 14.8. The van der Waals surface area contributed by atoms with Crippen molar-refractivity contribution in [3.63, 3.8) is 0 Å². The third-order valence-electron chi connectivity index (χ3n) is 3.13. The number of nitrogens with two attached hydrogens (primary N) is 1. The summed E-state index contributed by atoms with van der Waals surface area (Å²) in [5, 5.41) is 3.59. The zero-order valence-electron chi connectivity index (χ0n) is 11.3. The van der Waals surface area contributed by atoms with Gasteiger partial charge in [0.2, 0.25) is 0 Å². The van der Waals surface area contributed by atoms with Crippen LogP contribution < -0.4 is 11.1 Å². The van der Waals surface area contributed by atoms with E-state index in [-0.39, 0.29) is 0 Å². The number of nitrogens with zero attached hydrogens (tertiary/aromatic N) is 1. The van der Waals surface area contributed by atoms with Crippen molar-refractivity contribution in [1.29, 1.82) is 0 Å². The lowest BCUT2D eigenvalue weighted by Gasteiger charge is -2.19. The maximum atomic E-state index is 5.74. The molecule has 1 heterocycles. The van der Waals surface area contributed by atoms with Crippen LogP contribution in [0.3, 0.4) is 0 Å². The first-order chi connectivity index (χ1) is 9.29.